The number of aromatic nitrogens is 4. The van der Waals surface area contributed by atoms with Gasteiger partial charge >= 0.3 is 0 Å². The highest BCUT2D eigenvalue weighted by molar-refractivity contribution is 5.86. The highest BCUT2D eigenvalue weighted by Crippen LogP contribution is 2.26. The summed E-state index contributed by atoms with van der Waals surface area (Å²) in [5.41, 5.74) is 7.80. The van der Waals surface area contributed by atoms with Gasteiger partial charge in [0.25, 0.3) is 0 Å². The third-order valence-electron chi connectivity index (χ3n) is 4.45. The lowest BCUT2D eigenvalue weighted by Gasteiger charge is -2.13. The van der Waals surface area contributed by atoms with E-state index in [2.05, 4.69) is 88.6 Å². The SMILES string of the molecule is Cc1cc(C)cc(Nc2nc(Nc3ccc(C)cc3C)c3nccnc3n2)c1. The molecule has 2 N–H and O–H groups in total. The largest absolute Gasteiger partial charge is 0.338 e. The minimum atomic E-state index is 0.477. The van der Waals surface area contributed by atoms with Gasteiger partial charge in [-0.05, 0) is 62.6 Å². The zero-order chi connectivity index (χ0) is 19.7. The first-order valence-electron chi connectivity index (χ1n) is 9.16. The number of fused-ring (bicyclic) bond motifs is 1. The van der Waals surface area contributed by atoms with Crippen molar-refractivity contribution in [3.63, 3.8) is 0 Å². The van der Waals surface area contributed by atoms with Crippen molar-refractivity contribution in [1.29, 1.82) is 0 Å². The third kappa shape index (κ3) is 3.76. The van der Waals surface area contributed by atoms with Crippen LogP contribution in [0.25, 0.3) is 11.2 Å². The molecule has 0 aliphatic rings. The van der Waals surface area contributed by atoms with E-state index >= 15 is 0 Å². The molecule has 0 amide bonds. The molecule has 6 heteroatoms. The Bertz CT molecular complexity index is 1150. The molecule has 0 bridgehead atoms. The number of rotatable bonds is 4. The van der Waals surface area contributed by atoms with Crippen LogP contribution in [0.15, 0.2) is 48.8 Å². The Hall–Kier alpha value is -3.54. The van der Waals surface area contributed by atoms with E-state index in [1.165, 1.54) is 16.7 Å². The van der Waals surface area contributed by atoms with E-state index in [1.54, 1.807) is 12.4 Å². The molecule has 0 radical (unpaired) electrons. The Morgan fingerprint density at radius 3 is 2.21 bits per heavy atom. The molecule has 0 saturated carbocycles. The predicted octanol–water partition coefficient (Wildman–Crippen LogP) is 5.14. The topological polar surface area (TPSA) is 75.6 Å². The molecule has 2 aromatic carbocycles. The van der Waals surface area contributed by atoms with E-state index in [-0.39, 0.29) is 0 Å². The first-order valence-corrected chi connectivity index (χ1v) is 9.16. The van der Waals surface area contributed by atoms with E-state index in [0.29, 0.717) is 22.9 Å². The lowest BCUT2D eigenvalue weighted by molar-refractivity contribution is 1.14. The van der Waals surface area contributed by atoms with E-state index in [1.807, 2.05) is 6.07 Å². The van der Waals surface area contributed by atoms with Crippen LogP contribution >= 0.6 is 0 Å². The lowest BCUT2D eigenvalue weighted by Crippen LogP contribution is -2.05. The van der Waals surface area contributed by atoms with Gasteiger partial charge in [0.15, 0.2) is 17.0 Å². The molecule has 0 aliphatic carbocycles. The minimum absolute atomic E-state index is 0.477. The van der Waals surface area contributed by atoms with Gasteiger partial charge in [0, 0.05) is 23.8 Å². The second kappa shape index (κ2) is 7.23. The van der Waals surface area contributed by atoms with Crippen LogP contribution in [0, 0.1) is 27.7 Å². The molecule has 6 nitrogen and oxygen atoms in total. The summed E-state index contributed by atoms with van der Waals surface area (Å²) in [6, 6.07) is 12.5. The van der Waals surface area contributed by atoms with Crippen molar-refractivity contribution in [2.75, 3.05) is 10.6 Å². The van der Waals surface area contributed by atoms with Gasteiger partial charge in [-0.1, -0.05) is 23.8 Å². The Labute approximate surface area is 164 Å². The van der Waals surface area contributed by atoms with Crippen molar-refractivity contribution in [3.8, 4) is 0 Å². The molecule has 4 rings (SSSR count). The minimum Gasteiger partial charge on any atom is -0.338 e. The summed E-state index contributed by atoms with van der Waals surface area (Å²) < 4.78 is 0. The molecule has 0 fully saturated rings. The fourth-order valence-electron chi connectivity index (χ4n) is 3.26. The molecule has 0 atom stereocenters. The van der Waals surface area contributed by atoms with Crippen molar-refractivity contribution < 1.29 is 0 Å². The zero-order valence-corrected chi connectivity index (χ0v) is 16.4. The second-order valence-corrected chi connectivity index (χ2v) is 7.07. The number of benzene rings is 2. The molecule has 4 aromatic rings. The number of nitrogens with one attached hydrogen (secondary N) is 2. The Kier molecular flexibility index (Phi) is 4.61. The number of hydrogen-bond acceptors (Lipinski definition) is 6. The summed E-state index contributed by atoms with van der Waals surface area (Å²) >= 11 is 0. The van der Waals surface area contributed by atoms with Crippen LogP contribution in [0.5, 0.6) is 0 Å². The summed E-state index contributed by atoms with van der Waals surface area (Å²) in [5, 5.41) is 6.70. The average molecular weight is 370 g/mol. The maximum atomic E-state index is 4.68. The predicted molar refractivity (Wildman–Crippen MR) is 114 cm³/mol. The molecule has 0 unspecified atom stereocenters. The van der Waals surface area contributed by atoms with Crippen molar-refractivity contribution in [2.45, 2.75) is 27.7 Å². The van der Waals surface area contributed by atoms with Crippen molar-refractivity contribution in [3.05, 3.63) is 71.0 Å². The van der Waals surface area contributed by atoms with Gasteiger partial charge in [0.2, 0.25) is 5.95 Å². The molecular weight excluding hydrogens is 348 g/mol. The molecule has 140 valence electrons. The van der Waals surface area contributed by atoms with Gasteiger partial charge in [0.1, 0.15) is 0 Å². The van der Waals surface area contributed by atoms with Crippen LogP contribution in [0.3, 0.4) is 0 Å². The first kappa shape index (κ1) is 17.9. The summed E-state index contributed by atoms with van der Waals surface area (Å²) in [7, 11) is 0. The quantitative estimate of drug-likeness (QED) is 0.518. The Balaban J connectivity index is 1.76. The molecule has 0 spiro atoms. The fraction of sp³-hybridized carbons (Fsp3) is 0.182. The van der Waals surface area contributed by atoms with Gasteiger partial charge in [-0.15, -0.1) is 0 Å². The van der Waals surface area contributed by atoms with Crippen molar-refractivity contribution >= 4 is 34.3 Å². The maximum absolute atomic E-state index is 4.68. The van der Waals surface area contributed by atoms with Crippen molar-refractivity contribution in [2.24, 2.45) is 0 Å². The van der Waals surface area contributed by atoms with Crippen LogP contribution in [0.2, 0.25) is 0 Å². The van der Waals surface area contributed by atoms with E-state index < -0.39 is 0 Å². The number of anilines is 4. The highest BCUT2D eigenvalue weighted by Gasteiger charge is 2.12. The Morgan fingerprint density at radius 1 is 0.714 bits per heavy atom. The molecule has 0 aliphatic heterocycles. The van der Waals surface area contributed by atoms with Crippen molar-refractivity contribution in [1.82, 2.24) is 19.9 Å². The van der Waals surface area contributed by atoms with Gasteiger partial charge in [-0.2, -0.15) is 9.97 Å². The maximum Gasteiger partial charge on any atom is 0.231 e. The molecular formula is C22H22N6. The average Bonchev–Trinajstić information content (AvgIpc) is 2.63. The van der Waals surface area contributed by atoms with Crippen LogP contribution in [0.1, 0.15) is 22.3 Å². The first-order chi connectivity index (χ1) is 13.5. The Morgan fingerprint density at radius 2 is 1.46 bits per heavy atom. The van der Waals surface area contributed by atoms with Gasteiger partial charge in [0.05, 0.1) is 0 Å². The van der Waals surface area contributed by atoms with Crippen LogP contribution in [0.4, 0.5) is 23.1 Å². The zero-order valence-electron chi connectivity index (χ0n) is 16.4. The normalized spacial score (nSPS) is 10.9. The second-order valence-electron chi connectivity index (χ2n) is 7.07. The monoisotopic (exact) mass is 370 g/mol. The number of aryl methyl sites for hydroxylation is 4. The molecule has 2 heterocycles. The number of hydrogen-bond donors (Lipinski definition) is 2. The standard InChI is InChI=1S/C22H22N6/c1-13-5-6-18(16(4)10-13)26-21-19-20(24-8-7-23-19)27-22(28-21)25-17-11-14(2)9-15(3)12-17/h5-12H,1-4H3,(H2,24,25,26,27,28). The molecule has 0 saturated heterocycles. The third-order valence-corrected chi connectivity index (χ3v) is 4.45. The fourth-order valence-corrected chi connectivity index (χ4v) is 3.26. The van der Waals surface area contributed by atoms with E-state index in [0.717, 1.165) is 16.9 Å². The smallest absolute Gasteiger partial charge is 0.231 e. The van der Waals surface area contributed by atoms with E-state index in [4.69, 9.17) is 0 Å². The van der Waals surface area contributed by atoms with Crippen LogP contribution < -0.4 is 10.6 Å². The van der Waals surface area contributed by atoms with E-state index in [9.17, 15) is 0 Å². The lowest BCUT2D eigenvalue weighted by atomic mass is 10.1. The van der Waals surface area contributed by atoms with Gasteiger partial charge < -0.3 is 10.6 Å². The molecule has 28 heavy (non-hydrogen) atoms. The summed E-state index contributed by atoms with van der Waals surface area (Å²) in [4.78, 5) is 18.0. The van der Waals surface area contributed by atoms with Gasteiger partial charge in [-0.25, -0.2) is 9.97 Å². The van der Waals surface area contributed by atoms with Gasteiger partial charge in [-0.3, -0.25) is 0 Å². The number of nitrogens with zero attached hydrogens (tertiary/aromatic N) is 4. The summed E-state index contributed by atoms with van der Waals surface area (Å²) in [5.74, 6) is 1.10. The summed E-state index contributed by atoms with van der Waals surface area (Å²) in [6.45, 7) is 8.28. The van der Waals surface area contributed by atoms with Crippen LogP contribution in [-0.4, -0.2) is 19.9 Å². The summed E-state index contributed by atoms with van der Waals surface area (Å²) in [6.07, 6.45) is 3.28. The molecule has 2 aromatic heterocycles. The van der Waals surface area contributed by atoms with Crippen LogP contribution in [-0.2, 0) is 0 Å². The highest BCUT2D eigenvalue weighted by atomic mass is 15.2.